The molecule has 6 heteroatoms. The SMILES string of the molecule is O=C(CCc1ccccc1)OC(=O)c1ccc2ocnc2c1OCCCCCc1ccccc1. The van der Waals surface area contributed by atoms with Crippen LogP contribution in [0.3, 0.4) is 0 Å². The van der Waals surface area contributed by atoms with E-state index in [1.165, 1.54) is 12.0 Å². The molecule has 0 spiro atoms. The normalized spacial score (nSPS) is 10.8. The van der Waals surface area contributed by atoms with Gasteiger partial charge >= 0.3 is 11.9 Å². The number of carbonyl (C=O) groups is 2. The summed E-state index contributed by atoms with van der Waals surface area (Å²) >= 11 is 0. The van der Waals surface area contributed by atoms with Gasteiger partial charge in [0.1, 0.15) is 5.56 Å². The maximum absolute atomic E-state index is 12.8. The molecule has 174 valence electrons. The second-order valence-corrected chi connectivity index (χ2v) is 8.03. The minimum Gasteiger partial charge on any atom is -0.490 e. The number of oxazole rings is 1. The van der Waals surface area contributed by atoms with Crippen molar-refractivity contribution in [1.29, 1.82) is 0 Å². The highest BCUT2D eigenvalue weighted by molar-refractivity contribution is 6.02. The van der Waals surface area contributed by atoms with Crippen LogP contribution in [0.25, 0.3) is 11.1 Å². The van der Waals surface area contributed by atoms with Crippen molar-refractivity contribution in [1.82, 2.24) is 4.98 Å². The van der Waals surface area contributed by atoms with Gasteiger partial charge in [-0.2, -0.15) is 0 Å². The Morgan fingerprint density at radius 1 is 0.794 bits per heavy atom. The molecule has 0 bridgehead atoms. The Labute approximate surface area is 198 Å². The third-order valence-electron chi connectivity index (χ3n) is 5.54. The molecule has 0 aliphatic heterocycles. The first-order chi connectivity index (χ1) is 16.7. The smallest absolute Gasteiger partial charge is 0.349 e. The molecule has 0 amide bonds. The molecule has 0 radical (unpaired) electrons. The highest BCUT2D eigenvalue weighted by Gasteiger charge is 2.22. The lowest BCUT2D eigenvalue weighted by Crippen LogP contribution is -2.15. The van der Waals surface area contributed by atoms with Crippen LogP contribution in [0.4, 0.5) is 0 Å². The van der Waals surface area contributed by atoms with E-state index in [1.54, 1.807) is 12.1 Å². The number of unbranched alkanes of at least 4 members (excludes halogenated alkanes) is 2. The molecule has 0 fully saturated rings. The summed E-state index contributed by atoms with van der Waals surface area (Å²) in [4.78, 5) is 29.2. The van der Waals surface area contributed by atoms with Crippen LogP contribution in [0.1, 0.15) is 47.2 Å². The molecule has 4 aromatic rings. The van der Waals surface area contributed by atoms with Gasteiger partial charge in [-0.15, -0.1) is 0 Å². The molecule has 0 unspecified atom stereocenters. The molecule has 0 N–H and O–H groups in total. The first kappa shape index (κ1) is 23.2. The Hall–Kier alpha value is -3.93. The van der Waals surface area contributed by atoms with Crippen molar-refractivity contribution >= 4 is 23.0 Å². The van der Waals surface area contributed by atoms with Gasteiger partial charge in [-0.05, 0) is 55.4 Å². The molecule has 6 nitrogen and oxygen atoms in total. The fourth-order valence-electron chi connectivity index (χ4n) is 3.74. The van der Waals surface area contributed by atoms with E-state index in [0.717, 1.165) is 31.2 Å². The number of hydrogen-bond donors (Lipinski definition) is 0. The summed E-state index contributed by atoms with van der Waals surface area (Å²) < 4.78 is 16.4. The van der Waals surface area contributed by atoms with Crippen LogP contribution >= 0.6 is 0 Å². The number of carbonyl (C=O) groups excluding carboxylic acids is 2. The summed E-state index contributed by atoms with van der Waals surface area (Å²) in [6.07, 6.45) is 5.79. The zero-order valence-corrected chi connectivity index (χ0v) is 18.9. The molecule has 0 saturated carbocycles. The first-order valence-electron chi connectivity index (χ1n) is 11.5. The predicted octanol–water partition coefficient (Wildman–Crippen LogP) is 5.94. The Kier molecular flexibility index (Phi) is 8.06. The average molecular weight is 458 g/mol. The molecular formula is C28H27NO5. The zero-order valence-electron chi connectivity index (χ0n) is 18.9. The molecule has 1 heterocycles. The lowest BCUT2D eigenvalue weighted by atomic mass is 10.1. The number of nitrogens with zero attached hydrogens (tertiary/aromatic N) is 1. The fraction of sp³-hybridized carbons (Fsp3) is 0.250. The van der Waals surface area contributed by atoms with E-state index in [9.17, 15) is 9.59 Å². The Morgan fingerprint density at radius 2 is 1.50 bits per heavy atom. The van der Waals surface area contributed by atoms with Crippen molar-refractivity contribution in [3.05, 3.63) is 95.9 Å². The van der Waals surface area contributed by atoms with Crippen molar-refractivity contribution in [3.63, 3.8) is 0 Å². The number of ether oxygens (including phenoxy) is 2. The van der Waals surface area contributed by atoms with Crippen LogP contribution in [0, 0.1) is 0 Å². The highest BCUT2D eigenvalue weighted by Crippen LogP contribution is 2.30. The summed E-state index contributed by atoms with van der Waals surface area (Å²) in [7, 11) is 0. The Balaban J connectivity index is 1.32. The number of aryl methyl sites for hydroxylation is 2. The largest absolute Gasteiger partial charge is 0.490 e. The molecule has 34 heavy (non-hydrogen) atoms. The van der Waals surface area contributed by atoms with Crippen molar-refractivity contribution in [2.45, 2.75) is 38.5 Å². The van der Waals surface area contributed by atoms with E-state index in [1.807, 2.05) is 48.5 Å². The van der Waals surface area contributed by atoms with Gasteiger partial charge in [0.15, 0.2) is 23.2 Å². The van der Waals surface area contributed by atoms with Crippen molar-refractivity contribution in [2.24, 2.45) is 0 Å². The molecule has 1 aromatic heterocycles. The zero-order chi connectivity index (χ0) is 23.6. The summed E-state index contributed by atoms with van der Waals surface area (Å²) in [6, 6.07) is 23.1. The van der Waals surface area contributed by atoms with Crippen LogP contribution in [0.2, 0.25) is 0 Å². The molecule has 0 aliphatic carbocycles. The fourth-order valence-corrected chi connectivity index (χ4v) is 3.74. The Morgan fingerprint density at radius 3 is 2.24 bits per heavy atom. The first-order valence-corrected chi connectivity index (χ1v) is 11.5. The molecule has 3 aromatic carbocycles. The van der Waals surface area contributed by atoms with Gasteiger partial charge in [-0.1, -0.05) is 60.7 Å². The number of esters is 2. The minimum atomic E-state index is -0.748. The van der Waals surface area contributed by atoms with E-state index < -0.39 is 11.9 Å². The Bertz CT molecular complexity index is 1220. The van der Waals surface area contributed by atoms with E-state index in [2.05, 4.69) is 17.1 Å². The molecule has 0 aliphatic rings. The monoisotopic (exact) mass is 457 g/mol. The second kappa shape index (κ2) is 11.8. The quantitative estimate of drug-likeness (QED) is 0.158. The van der Waals surface area contributed by atoms with E-state index in [0.29, 0.717) is 24.1 Å². The second-order valence-electron chi connectivity index (χ2n) is 8.03. The maximum Gasteiger partial charge on any atom is 0.349 e. The van der Waals surface area contributed by atoms with Gasteiger partial charge in [0.05, 0.1) is 13.0 Å². The van der Waals surface area contributed by atoms with Gasteiger partial charge in [0.2, 0.25) is 0 Å². The number of rotatable bonds is 11. The van der Waals surface area contributed by atoms with Crippen molar-refractivity contribution < 1.29 is 23.5 Å². The van der Waals surface area contributed by atoms with Gasteiger partial charge in [0.25, 0.3) is 0 Å². The average Bonchev–Trinajstić information content (AvgIpc) is 3.35. The van der Waals surface area contributed by atoms with Crippen LogP contribution in [-0.4, -0.2) is 23.5 Å². The van der Waals surface area contributed by atoms with E-state index in [4.69, 9.17) is 13.9 Å². The van der Waals surface area contributed by atoms with Gasteiger partial charge < -0.3 is 13.9 Å². The number of fused-ring (bicyclic) bond motifs is 1. The lowest BCUT2D eigenvalue weighted by molar-refractivity contribution is -0.137. The number of aromatic nitrogens is 1. The lowest BCUT2D eigenvalue weighted by Gasteiger charge is -2.11. The van der Waals surface area contributed by atoms with E-state index in [-0.39, 0.29) is 17.7 Å². The number of hydrogen-bond acceptors (Lipinski definition) is 6. The van der Waals surface area contributed by atoms with Crippen molar-refractivity contribution in [2.75, 3.05) is 6.61 Å². The predicted molar refractivity (Wildman–Crippen MR) is 129 cm³/mol. The van der Waals surface area contributed by atoms with Crippen LogP contribution < -0.4 is 4.74 Å². The molecule has 4 rings (SSSR count). The van der Waals surface area contributed by atoms with Gasteiger partial charge in [-0.3, -0.25) is 4.79 Å². The van der Waals surface area contributed by atoms with Crippen LogP contribution in [0.5, 0.6) is 5.75 Å². The minimum absolute atomic E-state index is 0.111. The summed E-state index contributed by atoms with van der Waals surface area (Å²) in [5, 5.41) is 0. The molecular weight excluding hydrogens is 430 g/mol. The summed E-state index contributed by atoms with van der Waals surface area (Å²) in [5.41, 5.74) is 3.44. The third kappa shape index (κ3) is 6.32. The summed E-state index contributed by atoms with van der Waals surface area (Å²) in [6.45, 7) is 0.420. The summed E-state index contributed by atoms with van der Waals surface area (Å²) in [5.74, 6) is -1.04. The highest BCUT2D eigenvalue weighted by atomic mass is 16.6. The van der Waals surface area contributed by atoms with Crippen molar-refractivity contribution in [3.8, 4) is 5.75 Å². The van der Waals surface area contributed by atoms with Gasteiger partial charge in [-0.25, -0.2) is 9.78 Å². The van der Waals surface area contributed by atoms with Crippen LogP contribution in [0.15, 0.2) is 83.6 Å². The third-order valence-corrected chi connectivity index (χ3v) is 5.54. The number of benzene rings is 3. The molecule has 0 atom stereocenters. The standard InChI is InChI=1S/C28H27NO5/c30-25(18-15-22-13-6-2-7-14-22)34-28(31)23-16-17-24-26(29-20-33-24)27(23)32-19-9-3-8-12-21-10-4-1-5-11-21/h1-2,4-7,10-11,13-14,16-17,20H,3,8-9,12,15,18-19H2. The topological polar surface area (TPSA) is 78.6 Å². The van der Waals surface area contributed by atoms with Gasteiger partial charge in [0, 0.05) is 0 Å². The van der Waals surface area contributed by atoms with Crippen LogP contribution in [-0.2, 0) is 22.4 Å². The van der Waals surface area contributed by atoms with E-state index >= 15 is 0 Å². The maximum atomic E-state index is 12.8. The molecule has 0 saturated heterocycles.